The first-order valence-electron chi connectivity index (χ1n) is 14.1. The SMILES string of the molecule is COC(=O)[C@]1(C)CC[C@]2(C)CC[C@]3(C)C(=CC(=O)[C@@H]4[C@]5(C)CC[C@H](O)C(C)(C)[C@@H]5CC[C@@]43C)[C@@H]2C1. The van der Waals surface area contributed by atoms with E-state index >= 15 is 0 Å². The van der Waals surface area contributed by atoms with Gasteiger partial charge in [-0.05, 0) is 110 Å². The second kappa shape index (κ2) is 7.45. The number of allylic oxidation sites excluding steroid dienone is 2. The minimum absolute atomic E-state index is 0.00536. The first kappa shape index (κ1) is 25.5. The molecule has 35 heavy (non-hydrogen) atoms. The van der Waals surface area contributed by atoms with E-state index in [4.69, 9.17) is 4.74 Å². The summed E-state index contributed by atoms with van der Waals surface area (Å²) in [4.78, 5) is 27.1. The third kappa shape index (κ3) is 3.07. The lowest BCUT2D eigenvalue weighted by atomic mass is 9.33. The van der Waals surface area contributed by atoms with Gasteiger partial charge in [0, 0.05) is 5.92 Å². The van der Waals surface area contributed by atoms with Gasteiger partial charge in [0.25, 0.3) is 0 Å². The fraction of sp³-hybridized carbons (Fsp3) is 0.871. The molecule has 1 N–H and O–H groups in total. The standard InChI is InChI=1S/C31H48O4/c1-26(2)22-9-12-31(7)24(29(22,5)11-10-23(26)33)21(32)17-19-20-18-28(4,25(34)35-8)14-13-27(20,3)15-16-30(19,31)6/h17,20,22-24,33H,9-16,18H2,1-8H3/t20-,22-,23-,24+,27+,28+,29+,30+,31-/m0/s1. The van der Waals surface area contributed by atoms with E-state index in [0.717, 1.165) is 57.8 Å². The molecular formula is C31H48O4. The Labute approximate surface area is 212 Å². The van der Waals surface area contributed by atoms with Crippen molar-refractivity contribution in [1.29, 1.82) is 0 Å². The van der Waals surface area contributed by atoms with Crippen LogP contribution in [-0.2, 0) is 14.3 Å². The summed E-state index contributed by atoms with van der Waals surface area (Å²) < 4.78 is 5.25. The first-order chi connectivity index (χ1) is 16.1. The predicted octanol–water partition coefficient (Wildman–Crippen LogP) is 6.50. The number of fused-ring (bicyclic) bond motifs is 7. The highest BCUT2D eigenvalue weighted by molar-refractivity contribution is 5.95. The van der Waals surface area contributed by atoms with Crippen molar-refractivity contribution in [3.63, 3.8) is 0 Å². The second-order valence-electron chi connectivity index (χ2n) is 15.1. The van der Waals surface area contributed by atoms with E-state index in [2.05, 4.69) is 54.5 Å². The average Bonchev–Trinajstić information content (AvgIpc) is 2.78. The monoisotopic (exact) mass is 484 g/mol. The fourth-order valence-electron chi connectivity index (χ4n) is 10.6. The van der Waals surface area contributed by atoms with Crippen molar-refractivity contribution < 1.29 is 19.4 Å². The number of ether oxygens (including phenoxy) is 1. The van der Waals surface area contributed by atoms with E-state index in [1.807, 2.05) is 0 Å². The van der Waals surface area contributed by atoms with Crippen LogP contribution in [0.15, 0.2) is 11.6 Å². The van der Waals surface area contributed by atoms with Crippen LogP contribution in [0, 0.1) is 50.2 Å². The van der Waals surface area contributed by atoms with Crippen molar-refractivity contribution in [2.75, 3.05) is 7.11 Å². The lowest BCUT2D eigenvalue weighted by molar-refractivity contribution is -0.202. The molecule has 5 aliphatic rings. The minimum Gasteiger partial charge on any atom is -0.469 e. The number of aliphatic hydroxyl groups excluding tert-OH is 1. The molecule has 0 amide bonds. The Morgan fingerprint density at radius 3 is 2.26 bits per heavy atom. The summed E-state index contributed by atoms with van der Waals surface area (Å²) >= 11 is 0. The number of hydrogen-bond donors (Lipinski definition) is 1. The van der Waals surface area contributed by atoms with Crippen molar-refractivity contribution in [2.24, 2.45) is 50.2 Å². The molecule has 0 unspecified atom stereocenters. The summed E-state index contributed by atoms with van der Waals surface area (Å²) in [5, 5.41) is 10.9. The van der Waals surface area contributed by atoms with Crippen LogP contribution >= 0.6 is 0 Å². The zero-order chi connectivity index (χ0) is 25.8. The van der Waals surface area contributed by atoms with E-state index in [1.165, 1.54) is 12.7 Å². The largest absolute Gasteiger partial charge is 0.469 e. The molecule has 4 fully saturated rings. The lowest BCUT2D eigenvalue weighted by Gasteiger charge is -2.70. The normalized spacial score (nSPS) is 52.8. The number of carbonyl (C=O) groups is 2. The maximum absolute atomic E-state index is 14.3. The van der Waals surface area contributed by atoms with Gasteiger partial charge in [-0.3, -0.25) is 9.59 Å². The molecule has 0 bridgehead atoms. The van der Waals surface area contributed by atoms with E-state index in [1.54, 1.807) is 0 Å². The van der Waals surface area contributed by atoms with E-state index in [0.29, 0.717) is 11.7 Å². The zero-order valence-electron chi connectivity index (χ0n) is 23.4. The number of rotatable bonds is 1. The quantitative estimate of drug-likeness (QED) is 0.431. The number of esters is 1. The molecule has 0 aliphatic heterocycles. The third-order valence-corrected chi connectivity index (χ3v) is 13.2. The molecule has 0 radical (unpaired) electrons. The first-order valence-corrected chi connectivity index (χ1v) is 14.1. The Balaban J connectivity index is 1.61. The molecule has 0 aromatic carbocycles. The van der Waals surface area contributed by atoms with Gasteiger partial charge < -0.3 is 9.84 Å². The molecule has 5 rings (SSSR count). The third-order valence-electron chi connectivity index (χ3n) is 13.2. The van der Waals surface area contributed by atoms with Gasteiger partial charge in [-0.15, -0.1) is 0 Å². The zero-order valence-corrected chi connectivity index (χ0v) is 23.4. The smallest absolute Gasteiger partial charge is 0.311 e. The van der Waals surface area contributed by atoms with Gasteiger partial charge in [-0.2, -0.15) is 0 Å². The van der Waals surface area contributed by atoms with Crippen LogP contribution < -0.4 is 0 Å². The Morgan fingerprint density at radius 1 is 0.943 bits per heavy atom. The summed E-state index contributed by atoms with van der Waals surface area (Å²) in [6.45, 7) is 16.2. The van der Waals surface area contributed by atoms with Crippen molar-refractivity contribution in [1.82, 2.24) is 0 Å². The molecule has 4 heteroatoms. The highest BCUT2D eigenvalue weighted by Gasteiger charge is 2.70. The minimum atomic E-state index is -0.480. The van der Waals surface area contributed by atoms with Crippen LogP contribution in [-0.4, -0.2) is 30.1 Å². The molecule has 5 aliphatic carbocycles. The highest BCUT2D eigenvalue weighted by atomic mass is 16.5. The molecule has 0 spiro atoms. The molecule has 0 heterocycles. The van der Waals surface area contributed by atoms with Crippen LogP contribution in [0.25, 0.3) is 0 Å². The van der Waals surface area contributed by atoms with Crippen molar-refractivity contribution >= 4 is 11.8 Å². The molecule has 0 saturated heterocycles. The summed E-state index contributed by atoms with van der Waals surface area (Å²) in [7, 11) is 1.50. The lowest BCUT2D eigenvalue weighted by Crippen LogP contribution is -2.66. The van der Waals surface area contributed by atoms with Crippen LogP contribution in [0.2, 0.25) is 0 Å². The van der Waals surface area contributed by atoms with Gasteiger partial charge in [-0.25, -0.2) is 0 Å². The van der Waals surface area contributed by atoms with Crippen LogP contribution in [0.3, 0.4) is 0 Å². The number of methoxy groups -OCH3 is 1. The number of carbonyl (C=O) groups excluding carboxylic acids is 2. The van der Waals surface area contributed by atoms with Gasteiger partial charge in [-0.1, -0.05) is 47.1 Å². The number of aliphatic hydroxyl groups is 1. The van der Waals surface area contributed by atoms with Crippen molar-refractivity contribution in [3.8, 4) is 0 Å². The topological polar surface area (TPSA) is 63.6 Å². The Bertz CT molecular complexity index is 980. The van der Waals surface area contributed by atoms with Crippen molar-refractivity contribution in [2.45, 2.75) is 112 Å². The van der Waals surface area contributed by atoms with Gasteiger partial charge >= 0.3 is 5.97 Å². The summed E-state index contributed by atoms with van der Waals surface area (Å²) in [5.41, 5.74) is 0.590. The van der Waals surface area contributed by atoms with Gasteiger partial charge in [0.15, 0.2) is 5.78 Å². The second-order valence-corrected chi connectivity index (χ2v) is 15.1. The maximum atomic E-state index is 14.3. The van der Waals surface area contributed by atoms with E-state index in [9.17, 15) is 14.7 Å². The van der Waals surface area contributed by atoms with Crippen LogP contribution in [0.1, 0.15) is 106 Å². The van der Waals surface area contributed by atoms with E-state index in [-0.39, 0.29) is 51.0 Å². The fourth-order valence-corrected chi connectivity index (χ4v) is 10.6. The Kier molecular flexibility index (Phi) is 5.43. The molecule has 9 atom stereocenters. The average molecular weight is 485 g/mol. The van der Waals surface area contributed by atoms with Crippen LogP contribution in [0.5, 0.6) is 0 Å². The predicted molar refractivity (Wildman–Crippen MR) is 137 cm³/mol. The molecular weight excluding hydrogens is 436 g/mol. The number of hydrogen-bond acceptors (Lipinski definition) is 4. The summed E-state index contributed by atoms with van der Waals surface area (Å²) in [5.74, 6) is 0.805. The summed E-state index contributed by atoms with van der Waals surface area (Å²) in [6, 6.07) is 0. The highest BCUT2D eigenvalue weighted by Crippen LogP contribution is 2.75. The molecule has 4 nitrogen and oxygen atoms in total. The van der Waals surface area contributed by atoms with Gasteiger partial charge in [0.2, 0.25) is 0 Å². The maximum Gasteiger partial charge on any atom is 0.311 e. The van der Waals surface area contributed by atoms with Gasteiger partial charge in [0.05, 0.1) is 18.6 Å². The molecule has 0 aromatic heterocycles. The van der Waals surface area contributed by atoms with E-state index < -0.39 is 5.41 Å². The van der Waals surface area contributed by atoms with Crippen LogP contribution in [0.4, 0.5) is 0 Å². The Morgan fingerprint density at radius 2 is 1.60 bits per heavy atom. The molecule has 4 saturated carbocycles. The van der Waals surface area contributed by atoms with Crippen molar-refractivity contribution in [3.05, 3.63) is 11.6 Å². The van der Waals surface area contributed by atoms with Gasteiger partial charge in [0.1, 0.15) is 0 Å². The summed E-state index contributed by atoms with van der Waals surface area (Å²) in [6.07, 6.45) is 10.5. The molecule has 196 valence electrons. The Hall–Kier alpha value is -1.16. The number of ketones is 1. The molecule has 0 aromatic rings.